The first-order valence-electron chi connectivity index (χ1n) is 9.34. The molecule has 0 N–H and O–H groups in total. The van der Waals surface area contributed by atoms with E-state index in [0.717, 1.165) is 5.56 Å². The zero-order valence-corrected chi connectivity index (χ0v) is 18.7. The molecule has 0 amide bonds. The standard InChI is InChI=1S/C16H21NO3S.C6H4Cl2/c1-3-12-21(19,20)17-10-8-15(9-11-17)16(18)14-6-4-13(2)5-7-14;7-5-3-1-2-4-6(5)8/h3-7,15H,1,8-12H2,2H3;1-4H. The molecular weight excluding hydrogens is 429 g/mol. The molecule has 4 nitrogen and oxygen atoms in total. The summed E-state index contributed by atoms with van der Waals surface area (Å²) in [6.45, 7) is 6.28. The summed E-state index contributed by atoms with van der Waals surface area (Å²) in [5, 5.41) is 1.21. The van der Waals surface area contributed by atoms with Crippen molar-refractivity contribution in [3.8, 4) is 0 Å². The zero-order chi connectivity index (χ0) is 21.4. The summed E-state index contributed by atoms with van der Waals surface area (Å²) in [5.74, 6) is 0.00230. The number of benzene rings is 2. The maximum atomic E-state index is 12.4. The normalized spacial score (nSPS) is 15.3. The smallest absolute Gasteiger partial charge is 0.217 e. The Morgan fingerprint density at radius 3 is 2.03 bits per heavy atom. The number of rotatable bonds is 5. The van der Waals surface area contributed by atoms with Crippen LogP contribution in [0.25, 0.3) is 0 Å². The van der Waals surface area contributed by atoms with Gasteiger partial charge >= 0.3 is 0 Å². The molecule has 29 heavy (non-hydrogen) atoms. The largest absolute Gasteiger partial charge is 0.294 e. The van der Waals surface area contributed by atoms with E-state index in [4.69, 9.17) is 23.2 Å². The van der Waals surface area contributed by atoms with Gasteiger partial charge in [0.15, 0.2) is 5.78 Å². The molecule has 7 heteroatoms. The number of carbonyl (C=O) groups excluding carboxylic acids is 1. The van der Waals surface area contributed by atoms with Crippen molar-refractivity contribution in [1.29, 1.82) is 0 Å². The zero-order valence-electron chi connectivity index (χ0n) is 16.4. The second-order valence-corrected chi connectivity index (χ2v) is 9.71. The highest BCUT2D eigenvalue weighted by Gasteiger charge is 2.30. The number of sulfonamides is 1. The Labute approximate surface area is 183 Å². The fraction of sp³-hybridized carbons (Fsp3) is 0.318. The van der Waals surface area contributed by atoms with Crippen LogP contribution >= 0.6 is 23.2 Å². The molecule has 3 rings (SSSR count). The van der Waals surface area contributed by atoms with Crippen molar-refractivity contribution in [2.45, 2.75) is 19.8 Å². The molecule has 1 heterocycles. The molecule has 156 valence electrons. The summed E-state index contributed by atoms with van der Waals surface area (Å²) in [6.07, 6.45) is 2.57. The Morgan fingerprint density at radius 1 is 1.07 bits per heavy atom. The maximum Gasteiger partial charge on any atom is 0.217 e. The molecule has 1 aliphatic heterocycles. The minimum absolute atomic E-state index is 0.0381. The molecule has 1 aliphatic rings. The van der Waals surface area contributed by atoms with Gasteiger partial charge in [0, 0.05) is 24.6 Å². The van der Waals surface area contributed by atoms with E-state index in [1.807, 2.05) is 43.3 Å². The molecule has 2 aromatic rings. The lowest BCUT2D eigenvalue weighted by atomic mass is 9.89. The molecule has 0 radical (unpaired) electrons. The lowest BCUT2D eigenvalue weighted by molar-refractivity contribution is 0.0875. The number of halogens is 2. The fourth-order valence-corrected chi connectivity index (χ4v) is 4.59. The van der Waals surface area contributed by atoms with Crippen LogP contribution in [0.3, 0.4) is 0 Å². The lowest BCUT2D eigenvalue weighted by Crippen LogP contribution is -2.41. The van der Waals surface area contributed by atoms with E-state index < -0.39 is 10.0 Å². The summed E-state index contributed by atoms with van der Waals surface area (Å²) in [4.78, 5) is 12.4. The van der Waals surface area contributed by atoms with Crippen molar-refractivity contribution in [3.63, 3.8) is 0 Å². The number of aryl methyl sites for hydroxylation is 1. The molecule has 1 saturated heterocycles. The SMILES string of the molecule is C=CCS(=O)(=O)N1CCC(C(=O)c2ccc(C)cc2)CC1.Clc1ccccc1Cl. The number of Topliss-reactive ketones (excluding diaryl/α,β-unsaturated/α-hetero) is 1. The van der Waals surface area contributed by atoms with Gasteiger partial charge in [-0.05, 0) is 31.9 Å². The Kier molecular flexibility index (Phi) is 8.90. The van der Waals surface area contributed by atoms with Gasteiger partial charge in [0.2, 0.25) is 10.0 Å². The molecule has 0 aromatic heterocycles. The third kappa shape index (κ3) is 6.96. The molecule has 0 saturated carbocycles. The van der Waals surface area contributed by atoms with Crippen LogP contribution in [0.1, 0.15) is 28.8 Å². The van der Waals surface area contributed by atoms with Crippen LogP contribution < -0.4 is 0 Å². The van der Waals surface area contributed by atoms with Crippen molar-refractivity contribution in [2.24, 2.45) is 5.92 Å². The van der Waals surface area contributed by atoms with Crippen molar-refractivity contribution < 1.29 is 13.2 Å². The van der Waals surface area contributed by atoms with E-state index in [9.17, 15) is 13.2 Å². The van der Waals surface area contributed by atoms with Crippen molar-refractivity contribution in [1.82, 2.24) is 4.31 Å². The second kappa shape index (κ2) is 10.9. The van der Waals surface area contributed by atoms with E-state index >= 15 is 0 Å². The summed E-state index contributed by atoms with van der Waals surface area (Å²) >= 11 is 11.2. The molecule has 0 unspecified atom stereocenters. The number of carbonyl (C=O) groups is 1. The Hall–Kier alpha value is -1.66. The average Bonchev–Trinajstić information content (AvgIpc) is 2.71. The molecule has 0 aliphatic carbocycles. The maximum absolute atomic E-state index is 12.4. The Balaban J connectivity index is 0.000000313. The van der Waals surface area contributed by atoms with E-state index in [-0.39, 0.29) is 17.5 Å². The number of ketones is 1. The van der Waals surface area contributed by atoms with Crippen molar-refractivity contribution in [3.05, 3.63) is 82.4 Å². The minimum Gasteiger partial charge on any atom is -0.294 e. The van der Waals surface area contributed by atoms with Gasteiger partial charge in [-0.15, -0.1) is 6.58 Å². The first kappa shape index (κ1) is 23.6. The highest BCUT2D eigenvalue weighted by Crippen LogP contribution is 2.24. The first-order valence-corrected chi connectivity index (χ1v) is 11.7. The van der Waals surface area contributed by atoms with Gasteiger partial charge < -0.3 is 0 Å². The number of hydrogen-bond donors (Lipinski definition) is 0. The van der Waals surface area contributed by atoms with E-state index in [0.29, 0.717) is 41.5 Å². The lowest BCUT2D eigenvalue weighted by Gasteiger charge is -2.30. The molecule has 0 bridgehead atoms. The molecule has 0 spiro atoms. The van der Waals surface area contributed by atoms with Gasteiger partial charge in [-0.25, -0.2) is 12.7 Å². The number of piperidine rings is 1. The van der Waals surface area contributed by atoms with Gasteiger partial charge in [-0.3, -0.25) is 4.79 Å². The topological polar surface area (TPSA) is 54.5 Å². The van der Waals surface area contributed by atoms with Crippen LogP contribution in [0.5, 0.6) is 0 Å². The predicted octanol–water partition coefficient (Wildman–Crippen LogP) is 5.40. The van der Waals surface area contributed by atoms with Gasteiger partial charge in [-0.2, -0.15) is 0 Å². The van der Waals surface area contributed by atoms with E-state index in [1.165, 1.54) is 10.4 Å². The van der Waals surface area contributed by atoms with Gasteiger partial charge in [0.05, 0.1) is 15.8 Å². The van der Waals surface area contributed by atoms with Crippen LogP contribution in [0, 0.1) is 12.8 Å². The second-order valence-electron chi connectivity index (χ2n) is 6.88. The predicted molar refractivity (Wildman–Crippen MR) is 120 cm³/mol. The number of hydrogen-bond acceptors (Lipinski definition) is 3. The van der Waals surface area contributed by atoms with Crippen LogP contribution in [0.4, 0.5) is 0 Å². The van der Waals surface area contributed by atoms with Gasteiger partial charge in [0.1, 0.15) is 0 Å². The molecule has 2 aromatic carbocycles. The Bertz CT molecular complexity index is 914. The highest BCUT2D eigenvalue weighted by molar-refractivity contribution is 7.89. The van der Waals surface area contributed by atoms with Crippen molar-refractivity contribution >= 4 is 39.0 Å². The van der Waals surface area contributed by atoms with Crippen LogP contribution in [0.2, 0.25) is 10.0 Å². The minimum atomic E-state index is -3.25. The van der Waals surface area contributed by atoms with Crippen LogP contribution in [-0.2, 0) is 10.0 Å². The van der Waals surface area contributed by atoms with Gasteiger partial charge in [-0.1, -0.05) is 71.2 Å². The van der Waals surface area contributed by atoms with E-state index in [1.54, 1.807) is 12.1 Å². The summed E-state index contributed by atoms with van der Waals surface area (Å²) in [5.41, 5.74) is 1.84. The third-order valence-electron chi connectivity index (χ3n) is 4.71. The molecular formula is C22H25Cl2NO3S. The summed E-state index contributed by atoms with van der Waals surface area (Å²) in [7, 11) is -3.25. The first-order chi connectivity index (χ1) is 13.7. The average molecular weight is 454 g/mol. The molecule has 0 atom stereocenters. The summed E-state index contributed by atoms with van der Waals surface area (Å²) < 4.78 is 25.3. The van der Waals surface area contributed by atoms with Crippen molar-refractivity contribution in [2.75, 3.05) is 18.8 Å². The van der Waals surface area contributed by atoms with Crippen LogP contribution in [0.15, 0.2) is 61.2 Å². The van der Waals surface area contributed by atoms with E-state index in [2.05, 4.69) is 6.58 Å². The van der Waals surface area contributed by atoms with Gasteiger partial charge in [0.25, 0.3) is 0 Å². The fourth-order valence-electron chi connectivity index (χ4n) is 3.04. The number of nitrogens with zero attached hydrogens (tertiary/aromatic N) is 1. The highest BCUT2D eigenvalue weighted by atomic mass is 35.5. The third-order valence-corrected chi connectivity index (χ3v) is 7.27. The summed E-state index contributed by atoms with van der Waals surface area (Å²) in [6, 6.07) is 14.7. The molecule has 1 fully saturated rings. The Morgan fingerprint density at radius 2 is 1.59 bits per heavy atom. The van der Waals surface area contributed by atoms with Crippen LogP contribution in [-0.4, -0.2) is 37.3 Å². The quantitative estimate of drug-likeness (QED) is 0.449. The monoisotopic (exact) mass is 453 g/mol.